The molecule has 4 N–H and O–H groups in total. The number of aromatic nitrogens is 4. The van der Waals surface area contributed by atoms with Crippen LogP contribution in [-0.4, -0.2) is 160 Å². The maximum absolute atomic E-state index is 13.8. The van der Waals surface area contributed by atoms with Crippen LogP contribution in [0.15, 0.2) is 48.8 Å². The van der Waals surface area contributed by atoms with Crippen molar-refractivity contribution < 1.29 is 57.1 Å². The Bertz CT molecular complexity index is 2110. The molecule has 4 amide bonds. The Morgan fingerprint density at radius 1 is 0.636 bits per heavy atom. The summed E-state index contributed by atoms with van der Waals surface area (Å²) in [6, 6.07) is 9.11. The summed E-state index contributed by atoms with van der Waals surface area (Å²) < 4.78 is 43.8. The van der Waals surface area contributed by atoms with Crippen molar-refractivity contribution in [3.63, 3.8) is 0 Å². The van der Waals surface area contributed by atoms with E-state index in [1.807, 2.05) is 36.4 Å². The second-order valence-electron chi connectivity index (χ2n) is 16.0. The van der Waals surface area contributed by atoms with Gasteiger partial charge in [-0.15, -0.1) is 0 Å². The van der Waals surface area contributed by atoms with Gasteiger partial charge in [-0.1, -0.05) is 12.1 Å². The first-order chi connectivity index (χ1) is 32.0. The van der Waals surface area contributed by atoms with Gasteiger partial charge in [0.2, 0.25) is 11.8 Å². The summed E-state index contributed by atoms with van der Waals surface area (Å²) in [5.74, 6) is 1.79. The van der Waals surface area contributed by atoms with Gasteiger partial charge in [-0.25, -0.2) is 19.6 Å². The van der Waals surface area contributed by atoms with Gasteiger partial charge in [-0.3, -0.25) is 9.59 Å². The maximum Gasteiger partial charge on any atom is 0.407 e. The molecule has 2 aliphatic rings. The largest absolute Gasteiger partial charge is 0.491 e. The molecule has 0 bridgehead atoms. The SMILES string of the molecule is COCCOc1cc(-c2cnc([C@@H]3CCCN3C(=O)C(NC(=O)OC)[C@@H](C)OC)[nH]2)ccc1-c1ccc(-c2cnc([C@@H]3CCCN3C(=O)C(NC(=O)OC)[C@@H](C)OC)[nH]2)cc1OCCOC. The highest BCUT2D eigenvalue weighted by atomic mass is 16.5. The standard InChI is InChI=1S/C46H62N8O12/c1-27(61-5)39(51-45(57)63-7)43(55)53-17-9-11-35(53)41-47-25-33(49-41)29-13-15-31(37(23-29)65-21-19-59-3)32-16-14-30(24-38(32)66-22-20-60-4)34-26-48-42(50-34)36-12-10-18-54(36)44(56)40(28(2)62-6)52-46(58)64-8/h13-16,23-28,35-36,39-40H,9-12,17-22H2,1-8H3,(H,47,49)(H,48,50)(H,51,57)(H,52,58)/t27-,28-,35+,36+,39?,40?/m1/s1. The zero-order valence-electron chi connectivity index (χ0n) is 38.8. The number of nitrogens with zero attached hydrogens (tertiary/aromatic N) is 4. The predicted octanol–water partition coefficient (Wildman–Crippen LogP) is 5.03. The highest BCUT2D eigenvalue weighted by molar-refractivity contribution is 5.88. The van der Waals surface area contributed by atoms with Crippen molar-refractivity contribution in [3.05, 3.63) is 60.4 Å². The number of hydrogen-bond acceptors (Lipinski definition) is 14. The van der Waals surface area contributed by atoms with Crippen molar-refractivity contribution in [2.24, 2.45) is 0 Å². The van der Waals surface area contributed by atoms with Gasteiger partial charge in [-0.2, -0.15) is 0 Å². The first-order valence-corrected chi connectivity index (χ1v) is 21.9. The lowest BCUT2D eigenvalue weighted by molar-refractivity contribution is -0.138. The molecule has 6 rings (SSSR count). The molecule has 2 fully saturated rings. The number of H-pyrrole nitrogens is 2. The van der Waals surface area contributed by atoms with Crippen LogP contribution in [0.5, 0.6) is 11.5 Å². The number of likely N-dealkylation sites (tertiary alicyclic amines) is 2. The van der Waals surface area contributed by atoms with Crippen LogP contribution < -0.4 is 20.1 Å². The Morgan fingerprint density at radius 3 is 1.41 bits per heavy atom. The van der Waals surface area contributed by atoms with Gasteiger partial charge >= 0.3 is 12.2 Å². The summed E-state index contributed by atoms with van der Waals surface area (Å²) in [4.78, 5) is 71.7. The van der Waals surface area contributed by atoms with Crippen LogP contribution >= 0.6 is 0 Å². The molecule has 0 saturated carbocycles. The second kappa shape index (κ2) is 23.3. The molecule has 20 heteroatoms. The van der Waals surface area contributed by atoms with Crippen molar-refractivity contribution >= 4 is 24.0 Å². The van der Waals surface area contributed by atoms with Crippen LogP contribution in [-0.2, 0) is 38.0 Å². The van der Waals surface area contributed by atoms with Gasteiger partial charge in [0.05, 0.1) is 75.5 Å². The van der Waals surface area contributed by atoms with Crippen LogP contribution in [0.2, 0.25) is 0 Å². The van der Waals surface area contributed by atoms with E-state index in [0.717, 1.165) is 46.5 Å². The van der Waals surface area contributed by atoms with Crippen molar-refractivity contribution in [1.29, 1.82) is 0 Å². The monoisotopic (exact) mass is 918 g/mol. The number of aromatic amines is 2. The average Bonchev–Trinajstić information content (AvgIpc) is 4.19. The van der Waals surface area contributed by atoms with Gasteiger partial charge < -0.3 is 68.3 Å². The molecule has 6 atom stereocenters. The molecule has 358 valence electrons. The highest BCUT2D eigenvalue weighted by Gasteiger charge is 2.40. The Morgan fingerprint density at radius 2 is 1.05 bits per heavy atom. The number of amides is 4. The quantitative estimate of drug-likeness (QED) is 0.0804. The van der Waals surface area contributed by atoms with Crippen LogP contribution in [0, 0.1) is 0 Å². The van der Waals surface area contributed by atoms with E-state index in [-0.39, 0.29) is 37.1 Å². The first kappa shape index (κ1) is 49.2. The lowest BCUT2D eigenvalue weighted by atomic mass is 9.98. The van der Waals surface area contributed by atoms with Gasteiger partial charge in [0.15, 0.2) is 0 Å². The molecular formula is C46H62N8O12. The molecule has 0 spiro atoms. The van der Waals surface area contributed by atoms with Crippen LogP contribution in [0.4, 0.5) is 9.59 Å². The minimum absolute atomic E-state index is 0.278. The van der Waals surface area contributed by atoms with Gasteiger partial charge in [0, 0.05) is 63.8 Å². The van der Waals surface area contributed by atoms with Gasteiger partial charge in [0.1, 0.15) is 48.4 Å². The molecule has 2 unspecified atom stereocenters. The number of alkyl carbamates (subject to hydrolysis) is 2. The number of rotatable bonds is 21. The number of benzene rings is 2. The molecule has 66 heavy (non-hydrogen) atoms. The average molecular weight is 919 g/mol. The maximum atomic E-state index is 13.8. The molecule has 0 aliphatic carbocycles. The Hall–Kier alpha value is -6.22. The summed E-state index contributed by atoms with van der Waals surface area (Å²) in [6.45, 7) is 5.68. The zero-order chi connectivity index (χ0) is 47.3. The molecule has 2 aromatic heterocycles. The number of methoxy groups -OCH3 is 6. The molecule has 2 saturated heterocycles. The van der Waals surface area contributed by atoms with E-state index in [0.29, 0.717) is 62.3 Å². The van der Waals surface area contributed by atoms with Crippen LogP contribution in [0.3, 0.4) is 0 Å². The van der Waals surface area contributed by atoms with Crippen molar-refractivity contribution in [1.82, 2.24) is 40.4 Å². The van der Waals surface area contributed by atoms with E-state index in [1.165, 1.54) is 28.4 Å². The third kappa shape index (κ3) is 11.4. The molecule has 2 aliphatic heterocycles. The predicted molar refractivity (Wildman–Crippen MR) is 241 cm³/mol. The highest BCUT2D eigenvalue weighted by Crippen LogP contribution is 2.42. The zero-order valence-corrected chi connectivity index (χ0v) is 38.8. The van der Waals surface area contributed by atoms with Gasteiger partial charge in [-0.05, 0) is 63.8 Å². The van der Waals surface area contributed by atoms with Crippen LogP contribution in [0.25, 0.3) is 33.6 Å². The Labute approximate surface area is 384 Å². The normalized spacial score (nSPS) is 17.8. The fraction of sp³-hybridized carbons (Fsp3) is 0.522. The fourth-order valence-corrected chi connectivity index (χ4v) is 8.23. The van der Waals surface area contributed by atoms with E-state index in [1.54, 1.807) is 50.3 Å². The summed E-state index contributed by atoms with van der Waals surface area (Å²) in [7, 11) is 8.68. The minimum Gasteiger partial charge on any atom is -0.491 e. The van der Waals surface area contributed by atoms with E-state index in [2.05, 4.69) is 20.6 Å². The van der Waals surface area contributed by atoms with E-state index in [9.17, 15) is 19.2 Å². The molecule has 20 nitrogen and oxygen atoms in total. The second-order valence-corrected chi connectivity index (χ2v) is 16.0. The molecule has 2 aromatic carbocycles. The molecule has 4 aromatic rings. The number of nitrogens with one attached hydrogen (secondary N) is 4. The summed E-state index contributed by atoms with van der Waals surface area (Å²) in [6.07, 6.45) is 3.70. The van der Waals surface area contributed by atoms with Crippen molar-refractivity contribution in [2.75, 3.05) is 82.2 Å². The lowest BCUT2D eigenvalue weighted by Crippen LogP contribution is -2.54. The smallest absolute Gasteiger partial charge is 0.407 e. The Kier molecular flexibility index (Phi) is 17.4. The van der Waals surface area contributed by atoms with Gasteiger partial charge in [0.25, 0.3) is 0 Å². The number of hydrogen-bond donors (Lipinski definition) is 4. The topological polar surface area (TPSA) is 230 Å². The molecule has 0 radical (unpaired) electrons. The summed E-state index contributed by atoms with van der Waals surface area (Å²) >= 11 is 0. The third-order valence-corrected chi connectivity index (χ3v) is 12.0. The first-order valence-electron chi connectivity index (χ1n) is 21.9. The van der Waals surface area contributed by atoms with Crippen molar-refractivity contribution in [2.45, 2.75) is 75.9 Å². The Balaban J connectivity index is 1.28. The third-order valence-electron chi connectivity index (χ3n) is 12.0. The number of imidazole rings is 2. The fourth-order valence-electron chi connectivity index (χ4n) is 8.23. The van der Waals surface area contributed by atoms with E-state index in [4.69, 9.17) is 47.9 Å². The van der Waals surface area contributed by atoms with Crippen LogP contribution in [0.1, 0.15) is 63.3 Å². The number of carbonyl (C=O) groups is 4. The number of ether oxygens (including phenoxy) is 8. The van der Waals surface area contributed by atoms with Crippen molar-refractivity contribution in [3.8, 4) is 45.1 Å². The molecule has 4 heterocycles. The number of carbonyl (C=O) groups excluding carboxylic acids is 4. The summed E-state index contributed by atoms with van der Waals surface area (Å²) in [5.41, 5.74) is 4.56. The summed E-state index contributed by atoms with van der Waals surface area (Å²) in [5, 5.41) is 5.25. The lowest BCUT2D eigenvalue weighted by Gasteiger charge is -2.30. The minimum atomic E-state index is -0.950. The van der Waals surface area contributed by atoms with E-state index < -0.39 is 36.5 Å². The molecular weight excluding hydrogens is 857 g/mol. The van der Waals surface area contributed by atoms with E-state index >= 15 is 0 Å².